The summed E-state index contributed by atoms with van der Waals surface area (Å²) in [5.74, 6) is 0.779. The number of nitrogens with one attached hydrogen (secondary N) is 2. The monoisotopic (exact) mass is 442 g/mol. The summed E-state index contributed by atoms with van der Waals surface area (Å²) in [5.41, 5.74) is 3.64. The molecule has 0 aromatic heterocycles. The molecule has 0 amide bonds. The van der Waals surface area contributed by atoms with E-state index in [1.165, 1.54) is 17.4 Å². The predicted molar refractivity (Wildman–Crippen MR) is 120 cm³/mol. The highest BCUT2D eigenvalue weighted by molar-refractivity contribution is 7.90. The van der Waals surface area contributed by atoms with Crippen LogP contribution in [-0.2, 0) is 26.5 Å². The van der Waals surface area contributed by atoms with Gasteiger partial charge in [0.15, 0.2) is 0 Å². The number of rotatable bonds is 10. The number of hydrogen-bond donors (Lipinski definition) is 2. The van der Waals surface area contributed by atoms with Gasteiger partial charge in [0.1, 0.15) is 0 Å². The third kappa shape index (κ3) is 7.85. The standard InChI is InChI=1S/C21H34N2O4S2/c1-16(2)29(26,27)23-15-17(3)19-9-11-21(12-10-19)20-7-5-18(6-8-20)13-14-22-28(4,24)25/h5-8,11,16-17,19,22-23H,9-10,12-15H2,1-4H3. The third-order valence-electron chi connectivity index (χ3n) is 5.59. The predicted octanol–water partition coefficient (Wildman–Crippen LogP) is 2.93. The summed E-state index contributed by atoms with van der Waals surface area (Å²) in [4.78, 5) is 0. The molecule has 2 N–H and O–H groups in total. The van der Waals surface area contributed by atoms with Crippen LogP contribution in [0.1, 0.15) is 51.2 Å². The lowest BCUT2D eigenvalue weighted by molar-refractivity contribution is 0.334. The van der Waals surface area contributed by atoms with Crippen LogP contribution in [0.5, 0.6) is 0 Å². The van der Waals surface area contributed by atoms with Crippen molar-refractivity contribution in [3.63, 3.8) is 0 Å². The van der Waals surface area contributed by atoms with E-state index in [9.17, 15) is 16.8 Å². The zero-order valence-corrected chi connectivity index (χ0v) is 19.4. The minimum Gasteiger partial charge on any atom is -0.215 e. The molecule has 2 rings (SSSR count). The number of sulfonamides is 2. The van der Waals surface area contributed by atoms with Gasteiger partial charge in [-0.3, -0.25) is 0 Å². The van der Waals surface area contributed by atoms with Crippen LogP contribution in [0.4, 0.5) is 0 Å². The van der Waals surface area contributed by atoms with Crippen LogP contribution in [0, 0.1) is 11.8 Å². The van der Waals surface area contributed by atoms with Crippen LogP contribution in [-0.4, -0.2) is 41.4 Å². The molecule has 0 radical (unpaired) electrons. The van der Waals surface area contributed by atoms with E-state index < -0.39 is 25.3 Å². The zero-order valence-electron chi connectivity index (χ0n) is 17.8. The molecule has 1 aromatic carbocycles. The fourth-order valence-electron chi connectivity index (χ4n) is 3.48. The van der Waals surface area contributed by atoms with E-state index in [0.717, 1.165) is 24.8 Å². The van der Waals surface area contributed by atoms with Gasteiger partial charge in [0.25, 0.3) is 0 Å². The molecule has 1 aromatic rings. The number of allylic oxidation sites excluding steroid dienone is 2. The molecule has 0 heterocycles. The maximum atomic E-state index is 11.9. The summed E-state index contributed by atoms with van der Waals surface area (Å²) in [6, 6.07) is 8.30. The van der Waals surface area contributed by atoms with E-state index in [1.54, 1.807) is 13.8 Å². The fraction of sp³-hybridized carbons (Fsp3) is 0.619. The lowest BCUT2D eigenvalue weighted by Gasteiger charge is -2.28. The first-order valence-corrected chi connectivity index (χ1v) is 13.6. The smallest absolute Gasteiger partial charge is 0.213 e. The van der Waals surface area contributed by atoms with Gasteiger partial charge in [0, 0.05) is 13.1 Å². The normalized spacial score (nSPS) is 19.2. The Kier molecular flexibility index (Phi) is 8.46. The SMILES string of the molecule is CC(CNS(=O)(=O)C(C)C)C1CC=C(c2ccc(CCNS(C)(=O)=O)cc2)CC1. The summed E-state index contributed by atoms with van der Waals surface area (Å²) in [7, 11) is -6.35. The van der Waals surface area contributed by atoms with Crippen LogP contribution in [0.15, 0.2) is 30.3 Å². The second-order valence-electron chi connectivity index (χ2n) is 8.30. The molecule has 0 fully saturated rings. The van der Waals surface area contributed by atoms with Crippen molar-refractivity contribution in [1.82, 2.24) is 9.44 Å². The first-order valence-electron chi connectivity index (χ1n) is 10.2. The quantitative estimate of drug-likeness (QED) is 0.583. The minimum atomic E-state index is -3.21. The van der Waals surface area contributed by atoms with E-state index >= 15 is 0 Å². The Labute approximate surface area is 176 Å². The van der Waals surface area contributed by atoms with Crippen LogP contribution < -0.4 is 9.44 Å². The van der Waals surface area contributed by atoms with Crippen molar-refractivity contribution in [2.75, 3.05) is 19.3 Å². The highest BCUT2D eigenvalue weighted by atomic mass is 32.2. The fourth-order valence-corrected chi connectivity index (χ4v) is 4.78. The van der Waals surface area contributed by atoms with Crippen molar-refractivity contribution in [3.05, 3.63) is 41.5 Å². The van der Waals surface area contributed by atoms with Crippen molar-refractivity contribution >= 4 is 25.6 Å². The third-order valence-corrected chi connectivity index (χ3v) is 8.12. The molecular formula is C21H34N2O4S2. The summed E-state index contributed by atoms with van der Waals surface area (Å²) in [5, 5.41) is -0.405. The summed E-state index contributed by atoms with van der Waals surface area (Å²) in [6.45, 7) is 6.39. The minimum absolute atomic E-state index is 0.297. The van der Waals surface area contributed by atoms with E-state index in [2.05, 4.69) is 46.7 Å². The van der Waals surface area contributed by atoms with Gasteiger partial charge in [-0.05, 0) is 68.1 Å². The van der Waals surface area contributed by atoms with Crippen molar-refractivity contribution in [3.8, 4) is 0 Å². The molecule has 0 saturated carbocycles. The second-order valence-corrected chi connectivity index (χ2v) is 12.5. The molecular weight excluding hydrogens is 408 g/mol. The molecule has 8 heteroatoms. The molecule has 0 aliphatic heterocycles. The Morgan fingerprint density at radius 3 is 2.21 bits per heavy atom. The first kappa shape index (κ1) is 24.1. The Morgan fingerprint density at radius 1 is 1.03 bits per heavy atom. The van der Waals surface area contributed by atoms with E-state index in [1.807, 2.05) is 0 Å². The molecule has 6 nitrogen and oxygen atoms in total. The molecule has 0 saturated heterocycles. The van der Waals surface area contributed by atoms with E-state index in [0.29, 0.717) is 31.3 Å². The lowest BCUT2D eigenvalue weighted by atomic mass is 9.80. The zero-order chi connectivity index (χ0) is 21.7. The van der Waals surface area contributed by atoms with Gasteiger partial charge in [-0.2, -0.15) is 0 Å². The highest BCUT2D eigenvalue weighted by Gasteiger charge is 2.23. The Balaban J connectivity index is 1.87. The van der Waals surface area contributed by atoms with Gasteiger partial charge in [-0.1, -0.05) is 37.3 Å². The molecule has 1 aliphatic carbocycles. The summed E-state index contributed by atoms with van der Waals surface area (Å²) in [6.07, 6.45) is 7.11. The first-order chi connectivity index (χ1) is 13.5. The molecule has 0 bridgehead atoms. The van der Waals surface area contributed by atoms with Crippen LogP contribution in [0.2, 0.25) is 0 Å². The largest absolute Gasteiger partial charge is 0.215 e. The second kappa shape index (κ2) is 10.2. The molecule has 164 valence electrons. The maximum Gasteiger partial charge on any atom is 0.213 e. The Morgan fingerprint density at radius 2 is 1.69 bits per heavy atom. The molecule has 29 heavy (non-hydrogen) atoms. The van der Waals surface area contributed by atoms with Crippen molar-refractivity contribution in [2.45, 2.75) is 51.7 Å². The van der Waals surface area contributed by atoms with E-state index in [-0.39, 0.29) is 0 Å². The van der Waals surface area contributed by atoms with Crippen LogP contribution in [0.25, 0.3) is 5.57 Å². The van der Waals surface area contributed by atoms with Gasteiger partial charge < -0.3 is 0 Å². The van der Waals surface area contributed by atoms with Crippen molar-refractivity contribution in [1.29, 1.82) is 0 Å². The maximum absolute atomic E-state index is 11.9. The Hall–Kier alpha value is -1.22. The lowest BCUT2D eigenvalue weighted by Crippen LogP contribution is -2.36. The van der Waals surface area contributed by atoms with Crippen LogP contribution >= 0.6 is 0 Å². The average molecular weight is 443 g/mol. The van der Waals surface area contributed by atoms with Crippen LogP contribution in [0.3, 0.4) is 0 Å². The molecule has 0 spiro atoms. The van der Waals surface area contributed by atoms with Gasteiger partial charge in [0.2, 0.25) is 20.0 Å². The van der Waals surface area contributed by atoms with E-state index in [4.69, 9.17) is 0 Å². The Bertz CT molecular complexity index is 905. The topological polar surface area (TPSA) is 92.3 Å². The average Bonchev–Trinajstić information content (AvgIpc) is 2.66. The number of hydrogen-bond acceptors (Lipinski definition) is 4. The number of benzene rings is 1. The summed E-state index contributed by atoms with van der Waals surface area (Å²) < 4.78 is 51.4. The van der Waals surface area contributed by atoms with Gasteiger partial charge in [-0.25, -0.2) is 26.3 Å². The molecule has 1 aliphatic rings. The summed E-state index contributed by atoms with van der Waals surface area (Å²) >= 11 is 0. The van der Waals surface area contributed by atoms with Gasteiger partial charge in [0.05, 0.1) is 11.5 Å². The molecule has 2 atom stereocenters. The molecule has 2 unspecified atom stereocenters. The van der Waals surface area contributed by atoms with Crippen molar-refractivity contribution in [2.24, 2.45) is 11.8 Å². The van der Waals surface area contributed by atoms with Gasteiger partial charge in [-0.15, -0.1) is 0 Å². The van der Waals surface area contributed by atoms with Gasteiger partial charge >= 0.3 is 0 Å². The highest BCUT2D eigenvalue weighted by Crippen LogP contribution is 2.34. The van der Waals surface area contributed by atoms with Crippen molar-refractivity contribution < 1.29 is 16.8 Å².